The highest BCUT2D eigenvalue weighted by Crippen LogP contribution is 2.11. The highest BCUT2D eigenvalue weighted by Gasteiger charge is 2.06. The number of allylic oxidation sites excluding steroid dienone is 1. The van der Waals surface area contributed by atoms with Crippen LogP contribution in [0.25, 0.3) is 0 Å². The molecule has 64 valence electrons. The van der Waals surface area contributed by atoms with E-state index in [1.165, 1.54) is 44.3 Å². The van der Waals surface area contributed by atoms with Crippen molar-refractivity contribution in [3.8, 4) is 0 Å². The summed E-state index contributed by atoms with van der Waals surface area (Å²) in [6, 6.07) is 0. The van der Waals surface area contributed by atoms with Crippen molar-refractivity contribution in [2.45, 2.75) is 39.5 Å². The van der Waals surface area contributed by atoms with Crippen LogP contribution in [0.3, 0.4) is 0 Å². The van der Waals surface area contributed by atoms with Gasteiger partial charge in [-0.3, -0.25) is 0 Å². The SMILES string of the molecule is CCCC(C)=CN1CCCC1. The summed E-state index contributed by atoms with van der Waals surface area (Å²) in [7, 11) is 0. The van der Waals surface area contributed by atoms with E-state index in [1.807, 2.05) is 0 Å². The number of hydrogen-bond acceptors (Lipinski definition) is 1. The normalized spacial score (nSPS) is 19.5. The molecule has 0 bridgehead atoms. The molecule has 1 fully saturated rings. The number of likely N-dealkylation sites (tertiary alicyclic amines) is 1. The molecule has 0 aromatic rings. The molecule has 0 aliphatic carbocycles. The van der Waals surface area contributed by atoms with Gasteiger partial charge < -0.3 is 4.90 Å². The van der Waals surface area contributed by atoms with Crippen LogP contribution >= 0.6 is 0 Å². The first-order valence-corrected chi connectivity index (χ1v) is 4.74. The van der Waals surface area contributed by atoms with E-state index < -0.39 is 0 Å². The van der Waals surface area contributed by atoms with E-state index in [0.29, 0.717) is 0 Å². The summed E-state index contributed by atoms with van der Waals surface area (Å²) in [5, 5.41) is 0. The summed E-state index contributed by atoms with van der Waals surface area (Å²) >= 11 is 0. The van der Waals surface area contributed by atoms with Crippen molar-refractivity contribution in [2.75, 3.05) is 13.1 Å². The quantitative estimate of drug-likeness (QED) is 0.602. The lowest BCUT2D eigenvalue weighted by Crippen LogP contribution is -2.11. The standard InChI is InChI=1S/C10H19N/c1-3-6-10(2)9-11-7-4-5-8-11/h9H,3-8H2,1-2H3. The zero-order valence-electron chi connectivity index (χ0n) is 7.77. The molecule has 1 heteroatoms. The number of nitrogens with zero attached hydrogens (tertiary/aromatic N) is 1. The predicted octanol–water partition coefficient (Wildman–Crippen LogP) is 2.79. The fourth-order valence-corrected chi connectivity index (χ4v) is 1.64. The smallest absolute Gasteiger partial charge is 0.0173 e. The van der Waals surface area contributed by atoms with Gasteiger partial charge in [-0.25, -0.2) is 0 Å². The van der Waals surface area contributed by atoms with Crippen LogP contribution in [0.5, 0.6) is 0 Å². The Hall–Kier alpha value is -0.460. The molecular weight excluding hydrogens is 134 g/mol. The molecular formula is C10H19N. The summed E-state index contributed by atoms with van der Waals surface area (Å²) < 4.78 is 0. The van der Waals surface area contributed by atoms with Crippen molar-refractivity contribution in [3.63, 3.8) is 0 Å². The lowest BCUT2D eigenvalue weighted by atomic mass is 10.2. The molecule has 1 aliphatic heterocycles. The second-order valence-corrected chi connectivity index (χ2v) is 3.47. The molecule has 0 amide bonds. The van der Waals surface area contributed by atoms with Gasteiger partial charge in [-0.05, 0) is 32.4 Å². The molecule has 1 saturated heterocycles. The van der Waals surface area contributed by atoms with Crippen LogP contribution in [0.15, 0.2) is 11.8 Å². The van der Waals surface area contributed by atoms with E-state index in [4.69, 9.17) is 0 Å². The van der Waals surface area contributed by atoms with Gasteiger partial charge in [-0.1, -0.05) is 18.9 Å². The third kappa shape index (κ3) is 2.96. The Balaban J connectivity index is 2.30. The van der Waals surface area contributed by atoms with Crippen molar-refractivity contribution >= 4 is 0 Å². The minimum absolute atomic E-state index is 1.26. The molecule has 0 radical (unpaired) electrons. The fraction of sp³-hybridized carbons (Fsp3) is 0.800. The van der Waals surface area contributed by atoms with Gasteiger partial charge in [0.15, 0.2) is 0 Å². The maximum absolute atomic E-state index is 2.45. The minimum atomic E-state index is 1.26. The van der Waals surface area contributed by atoms with Crippen LogP contribution < -0.4 is 0 Å². The topological polar surface area (TPSA) is 3.24 Å². The maximum atomic E-state index is 2.45. The van der Waals surface area contributed by atoms with Crippen LogP contribution in [0.2, 0.25) is 0 Å². The Morgan fingerprint density at radius 1 is 1.36 bits per heavy atom. The molecule has 1 heterocycles. The van der Waals surface area contributed by atoms with E-state index >= 15 is 0 Å². The van der Waals surface area contributed by atoms with Crippen molar-refractivity contribution in [1.29, 1.82) is 0 Å². The molecule has 1 aliphatic rings. The third-order valence-corrected chi connectivity index (χ3v) is 2.19. The maximum Gasteiger partial charge on any atom is 0.0173 e. The van der Waals surface area contributed by atoms with Gasteiger partial charge in [-0.2, -0.15) is 0 Å². The van der Waals surface area contributed by atoms with Gasteiger partial charge in [0.2, 0.25) is 0 Å². The zero-order valence-corrected chi connectivity index (χ0v) is 7.77. The van der Waals surface area contributed by atoms with Gasteiger partial charge in [-0.15, -0.1) is 0 Å². The van der Waals surface area contributed by atoms with Crippen LogP contribution in [0.1, 0.15) is 39.5 Å². The van der Waals surface area contributed by atoms with E-state index in [-0.39, 0.29) is 0 Å². The van der Waals surface area contributed by atoms with Crippen LogP contribution in [0, 0.1) is 0 Å². The lowest BCUT2D eigenvalue weighted by molar-refractivity contribution is 0.462. The predicted molar refractivity (Wildman–Crippen MR) is 49.5 cm³/mol. The first-order chi connectivity index (χ1) is 5.33. The van der Waals surface area contributed by atoms with Gasteiger partial charge in [0, 0.05) is 13.1 Å². The van der Waals surface area contributed by atoms with Crippen LogP contribution in [-0.2, 0) is 0 Å². The molecule has 0 saturated carbocycles. The second kappa shape index (κ2) is 4.42. The summed E-state index contributed by atoms with van der Waals surface area (Å²) in [4.78, 5) is 2.45. The van der Waals surface area contributed by atoms with E-state index in [1.54, 1.807) is 0 Å². The van der Waals surface area contributed by atoms with Crippen molar-refractivity contribution < 1.29 is 0 Å². The molecule has 0 aromatic heterocycles. The fourth-order valence-electron chi connectivity index (χ4n) is 1.64. The summed E-state index contributed by atoms with van der Waals surface area (Å²) in [5.41, 5.74) is 1.54. The summed E-state index contributed by atoms with van der Waals surface area (Å²) in [5.74, 6) is 0. The van der Waals surface area contributed by atoms with Crippen molar-refractivity contribution in [3.05, 3.63) is 11.8 Å². The van der Waals surface area contributed by atoms with Gasteiger partial charge in [0.25, 0.3) is 0 Å². The molecule has 1 nitrogen and oxygen atoms in total. The Morgan fingerprint density at radius 2 is 2.00 bits per heavy atom. The summed E-state index contributed by atoms with van der Waals surface area (Å²) in [6.07, 6.45) is 7.65. The highest BCUT2D eigenvalue weighted by atomic mass is 15.1. The molecule has 0 N–H and O–H groups in total. The monoisotopic (exact) mass is 153 g/mol. The first-order valence-electron chi connectivity index (χ1n) is 4.74. The molecule has 1 rings (SSSR count). The largest absolute Gasteiger partial charge is 0.377 e. The van der Waals surface area contributed by atoms with Gasteiger partial charge in [0.1, 0.15) is 0 Å². The second-order valence-electron chi connectivity index (χ2n) is 3.47. The minimum Gasteiger partial charge on any atom is -0.377 e. The Bertz CT molecular complexity index is 132. The van der Waals surface area contributed by atoms with E-state index in [2.05, 4.69) is 24.9 Å². The zero-order chi connectivity index (χ0) is 8.10. The Morgan fingerprint density at radius 3 is 2.55 bits per heavy atom. The lowest BCUT2D eigenvalue weighted by Gasteiger charge is -2.12. The van der Waals surface area contributed by atoms with Gasteiger partial charge >= 0.3 is 0 Å². The third-order valence-electron chi connectivity index (χ3n) is 2.19. The van der Waals surface area contributed by atoms with Crippen molar-refractivity contribution in [1.82, 2.24) is 4.90 Å². The highest BCUT2D eigenvalue weighted by molar-refractivity contribution is 4.98. The Labute approximate surface area is 70.1 Å². The molecule has 0 unspecified atom stereocenters. The van der Waals surface area contributed by atoms with E-state index in [9.17, 15) is 0 Å². The Kier molecular flexibility index (Phi) is 3.47. The van der Waals surface area contributed by atoms with E-state index in [0.717, 1.165) is 0 Å². The first kappa shape index (κ1) is 8.63. The van der Waals surface area contributed by atoms with Gasteiger partial charge in [0.05, 0.1) is 0 Å². The number of rotatable bonds is 3. The average Bonchev–Trinajstić information content (AvgIpc) is 2.40. The van der Waals surface area contributed by atoms with Crippen molar-refractivity contribution in [2.24, 2.45) is 0 Å². The molecule has 0 spiro atoms. The number of hydrogen-bond donors (Lipinski definition) is 0. The summed E-state index contributed by atoms with van der Waals surface area (Å²) in [6.45, 7) is 7.03. The molecule has 11 heavy (non-hydrogen) atoms. The van der Waals surface area contributed by atoms with Crippen LogP contribution in [-0.4, -0.2) is 18.0 Å². The molecule has 0 aromatic carbocycles. The van der Waals surface area contributed by atoms with Crippen LogP contribution in [0.4, 0.5) is 0 Å². The average molecular weight is 153 g/mol. The molecule has 0 atom stereocenters.